The Morgan fingerprint density at radius 1 is 1.18 bits per heavy atom. The van der Waals surface area contributed by atoms with Crippen LogP contribution in [0.4, 0.5) is 19.5 Å². The Hall–Kier alpha value is -3.25. The maximum atomic E-state index is 14.1. The molecule has 1 aromatic heterocycles. The first-order valence-corrected chi connectivity index (χ1v) is 12.4. The number of anilines is 2. The molecule has 3 rings (SSSR count). The highest BCUT2D eigenvalue weighted by atomic mass is 32.2. The molecule has 0 aliphatic heterocycles. The lowest BCUT2D eigenvalue weighted by Gasteiger charge is -2.24. The van der Waals surface area contributed by atoms with E-state index in [1.807, 2.05) is 13.8 Å². The van der Waals surface area contributed by atoms with Gasteiger partial charge >= 0.3 is 5.97 Å². The lowest BCUT2D eigenvalue weighted by molar-refractivity contribution is 0.0454. The molecule has 2 N–H and O–H groups in total. The van der Waals surface area contributed by atoms with Crippen LogP contribution in [0.3, 0.4) is 0 Å². The van der Waals surface area contributed by atoms with Crippen molar-refractivity contribution < 1.29 is 31.5 Å². The van der Waals surface area contributed by atoms with Gasteiger partial charge in [0.05, 0.1) is 30.7 Å². The summed E-state index contributed by atoms with van der Waals surface area (Å²) in [5.41, 5.74) is 6.10. The van der Waals surface area contributed by atoms with E-state index in [4.69, 9.17) is 15.2 Å². The highest BCUT2D eigenvalue weighted by Crippen LogP contribution is 2.34. The van der Waals surface area contributed by atoms with E-state index < -0.39 is 38.2 Å². The van der Waals surface area contributed by atoms with Crippen LogP contribution in [0.25, 0.3) is 0 Å². The molecule has 0 aliphatic carbocycles. The van der Waals surface area contributed by atoms with E-state index in [2.05, 4.69) is 4.98 Å². The summed E-state index contributed by atoms with van der Waals surface area (Å²) < 4.78 is 66.6. The summed E-state index contributed by atoms with van der Waals surface area (Å²) in [6.07, 6.45) is 0. The van der Waals surface area contributed by atoms with Crippen LogP contribution in [-0.4, -0.2) is 33.1 Å². The molecule has 34 heavy (non-hydrogen) atoms. The fourth-order valence-electron chi connectivity index (χ4n) is 2.87. The minimum absolute atomic E-state index is 0.0471. The topological polar surface area (TPSA) is 112 Å². The quantitative estimate of drug-likeness (QED) is 0.338. The van der Waals surface area contributed by atoms with Gasteiger partial charge in [-0.25, -0.2) is 27.0 Å². The van der Waals surface area contributed by atoms with E-state index in [9.17, 15) is 22.0 Å². The molecule has 1 heterocycles. The maximum absolute atomic E-state index is 14.1. The van der Waals surface area contributed by atoms with Crippen molar-refractivity contribution >= 4 is 38.0 Å². The van der Waals surface area contributed by atoms with Crippen molar-refractivity contribution in [1.29, 1.82) is 0 Å². The van der Waals surface area contributed by atoms with Gasteiger partial charge in [-0.1, -0.05) is 26.0 Å². The number of hydrogen-bond donors (Lipinski definition) is 1. The van der Waals surface area contributed by atoms with Crippen LogP contribution in [0, 0.1) is 17.6 Å². The standard InChI is InChI=1S/C22H23F2N3O5S2/c1-13(2)11-32-22(28)20-21(33-12-26-20)27(10-14-4-6-15(31-3)7-5-14)34(29,30)16-8-17(23)19(25)18(24)9-16/h4-9,12-13H,10-11,25H2,1-3H3. The second-order valence-corrected chi connectivity index (χ2v) is 10.4. The Labute approximate surface area is 200 Å². The number of aromatic nitrogens is 1. The van der Waals surface area contributed by atoms with Crippen LogP contribution in [0.1, 0.15) is 29.9 Å². The average molecular weight is 512 g/mol. The van der Waals surface area contributed by atoms with E-state index in [-0.39, 0.29) is 29.8 Å². The summed E-state index contributed by atoms with van der Waals surface area (Å²) in [5, 5.41) is -0.0535. The number of methoxy groups -OCH3 is 1. The zero-order valence-corrected chi connectivity index (χ0v) is 20.3. The Morgan fingerprint density at radius 3 is 2.35 bits per heavy atom. The van der Waals surface area contributed by atoms with Gasteiger partial charge in [0, 0.05) is 0 Å². The Balaban J connectivity index is 2.10. The number of esters is 1. The molecule has 0 fully saturated rings. The summed E-state index contributed by atoms with van der Waals surface area (Å²) in [6.45, 7) is 3.54. The molecule has 0 saturated heterocycles. The minimum atomic E-state index is -4.56. The summed E-state index contributed by atoms with van der Waals surface area (Å²) in [5.74, 6) is -2.65. The molecule has 12 heteroatoms. The third kappa shape index (κ3) is 5.45. The van der Waals surface area contributed by atoms with Crippen LogP contribution in [0.2, 0.25) is 0 Å². The van der Waals surface area contributed by atoms with Crippen molar-refractivity contribution in [2.45, 2.75) is 25.3 Å². The highest BCUT2D eigenvalue weighted by molar-refractivity contribution is 7.93. The van der Waals surface area contributed by atoms with Gasteiger partial charge in [0.2, 0.25) is 0 Å². The molecular formula is C22H23F2N3O5S2. The first-order chi connectivity index (χ1) is 16.0. The number of thiazole rings is 1. The number of nitrogens with zero attached hydrogens (tertiary/aromatic N) is 2. The van der Waals surface area contributed by atoms with E-state index >= 15 is 0 Å². The van der Waals surface area contributed by atoms with Crippen molar-refractivity contribution in [2.75, 3.05) is 23.8 Å². The van der Waals surface area contributed by atoms with E-state index in [1.54, 1.807) is 24.3 Å². The number of hydrogen-bond acceptors (Lipinski definition) is 8. The fourth-order valence-corrected chi connectivity index (χ4v) is 5.36. The zero-order valence-electron chi connectivity index (χ0n) is 18.6. The maximum Gasteiger partial charge on any atom is 0.360 e. The number of nitrogen functional groups attached to an aromatic ring is 1. The predicted octanol–water partition coefficient (Wildman–Crippen LogP) is 4.22. The molecule has 2 aromatic carbocycles. The number of sulfonamides is 1. The second-order valence-electron chi connectivity index (χ2n) is 7.66. The van der Waals surface area contributed by atoms with Gasteiger partial charge in [0.15, 0.2) is 5.69 Å². The highest BCUT2D eigenvalue weighted by Gasteiger charge is 2.32. The predicted molar refractivity (Wildman–Crippen MR) is 124 cm³/mol. The van der Waals surface area contributed by atoms with Crippen molar-refractivity contribution in [3.63, 3.8) is 0 Å². The Kier molecular flexibility index (Phi) is 7.72. The van der Waals surface area contributed by atoms with Gasteiger partial charge in [-0.3, -0.25) is 4.31 Å². The monoisotopic (exact) mass is 511 g/mol. The second kappa shape index (κ2) is 10.3. The van der Waals surface area contributed by atoms with Crippen molar-refractivity contribution in [3.05, 3.63) is 64.8 Å². The molecule has 8 nitrogen and oxygen atoms in total. The number of benzene rings is 2. The van der Waals surface area contributed by atoms with Crippen LogP contribution in [-0.2, 0) is 21.3 Å². The number of nitrogens with two attached hydrogens (primary N) is 1. The number of carbonyl (C=O) groups excluding carboxylic acids is 1. The largest absolute Gasteiger partial charge is 0.497 e. The molecule has 182 valence electrons. The molecule has 0 saturated carbocycles. The van der Waals surface area contributed by atoms with Crippen molar-refractivity contribution in [3.8, 4) is 5.75 Å². The van der Waals surface area contributed by atoms with Crippen LogP contribution in [0.15, 0.2) is 46.8 Å². The number of carbonyl (C=O) groups is 1. The molecule has 0 amide bonds. The third-order valence-corrected chi connectivity index (χ3v) is 7.33. The van der Waals surface area contributed by atoms with E-state index in [1.165, 1.54) is 12.6 Å². The molecule has 0 bridgehead atoms. The smallest absolute Gasteiger partial charge is 0.360 e. The zero-order chi connectivity index (χ0) is 25.0. The molecular weight excluding hydrogens is 488 g/mol. The lowest BCUT2D eigenvalue weighted by atomic mass is 10.2. The van der Waals surface area contributed by atoms with Crippen LogP contribution in [0.5, 0.6) is 5.75 Å². The van der Waals surface area contributed by atoms with Crippen molar-refractivity contribution in [1.82, 2.24) is 4.98 Å². The Morgan fingerprint density at radius 2 is 1.79 bits per heavy atom. The van der Waals surface area contributed by atoms with Crippen LogP contribution >= 0.6 is 11.3 Å². The van der Waals surface area contributed by atoms with Gasteiger partial charge in [-0.2, -0.15) is 0 Å². The summed E-state index contributed by atoms with van der Waals surface area (Å²) in [6, 6.07) is 7.78. The van der Waals surface area contributed by atoms with Gasteiger partial charge < -0.3 is 15.2 Å². The van der Waals surface area contributed by atoms with Gasteiger partial charge in [-0.15, -0.1) is 11.3 Å². The molecule has 0 atom stereocenters. The SMILES string of the molecule is COc1ccc(CN(c2scnc2C(=O)OCC(C)C)S(=O)(=O)c2cc(F)c(N)c(F)c2)cc1. The molecule has 0 radical (unpaired) electrons. The van der Waals surface area contributed by atoms with Crippen LogP contribution < -0.4 is 14.8 Å². The minimum Gasteiger partial charge on any atom is -0.497 e. The van der Waals surface area contributed by atoms with E-state index in [0.29, 0.717) is 23.4 Å². The number of halogens is 2. The fraction of sp³-hybridized carbons (Fsp3) is 0.273. The lowest BCUT2D eigenvalue weighted by Crippen LogP contribution is -2.31. The number of ether oxygens (including phenoxy) is 2. The third-order valence-electron chi connectivity index (χ3n) is 4.64. The molecule has 0 spiro atoms. The van der Waals surface area contributed by atoms with E-state index in [0.717, 1.165) is 15.6 Å². The summed E-state index contributed by atoms with van der Waals surface area (Å²) in [7, 11) is -3.07. The first-order valence-electron chi connectivity index (χ1n) is 10.1. The summed E-state index contributed by atoms with van der Waals surface area (Å²) >= 11 is 0.878. The summed E-state index contributed by atoms with van der Waals surface area (Å²) in [4.78, 5) is 16.0. The molecule has 3 aromatic rings. The van der Waals surface area contributed by atoms with Crippen molar-refractivity contribution in [2.24, 2.45) is 5.92 Å². The Bertz CT molecular complexity index is 1250. The molecule has 0 unspecified atom stereocenters. The van der Waals surface area contributed by atoms with Gasteiger partial charge in [-0.05, 0) is 35.7 Å². The van der Waals surface area contributed by atoms with Gasteiger partial charge in [0.25, 0.3) is 10.0 Å². The van der Waals surface area contributed by atoms with Gasteiger partial charge in [0.1, 0.15) is 28.1 Å². The number of rotatable bonds is 9. The molecule has 0 aliphatic rings. The average Bonchev–Trinajstić information content (AvgIpc) is 3.28. The normalized spacial score (nSPS) is 11.5. The first kappa shape index (κ1) is 25.4.